The van der Waals surface area contributed by atoms with Crippen LogP contribution < -0.4 is 10.2 Å². The predicted octanol–water partition coefficient (Wildman–Crippen LogP) is 2.00. The van der Waals surface area contributed by atoms with Crippen molar-refractivity contribution in [3.8, 4) is 0 Å². The first-order valence-electron chi connectivity index (χ1n) is 8.65. The molecule has 0 aromatic heterocycles. The average molecular weight is 336 g/mol. The van der Waals surface area contributed by atoms with Crippen LogP contribution in [0.25, 0.3) is 0 Å². The lowest BCUT2D eigenvalue weighted by molar-refractivity contribution is -0.125. The molecule has 0 bridgehead atoms. The second kappa shape index (κ2) is 7.49. The fourth-order valence-electron chi connectivity index (χ4n) is 3.42. The number of piperidine rings is 1. The summed E-state index contributed by atoms with van der Waals surface area (Å²) in [5.74, 6) is -0.463. The molecule has 1 amide bonds. The second-order valence-electron chi connectivity index (χ2n) is 6.71. The highest BCUT2D eigenvalue weighted by atomic mass is 19.1. The van der Waals surface area contributed by atoms with E-state index in [1.54, 1.807) is 6.07 Å². The zero-order valence-electron chi connectivity index (χ0n) is 14.0. The average Bonchev–Trinajstić information content (AvgIpc) is 3.10. The van der Waals surface area contributed by atoms with Crippen molar-refractivity contribution in [3.63, 3.8) is 0 Å². The third-order valence-electron chi connectivity index (χ3n) is 4.92. The maximum atomic E-state index is 13.8. The Hall–Kier alpha value is -1.66. The van der Waals surface area contributed by atoms with Crippen LogP contribution in [0.3, 0.4) is 0 Å². The fraction of sp³-hybridized carbons (Fsp3) is 0.611. The smallest absolute Gasteiger partial charge is 0.225 e. The van der Waals surface area contributed by atoms with Crippen LogP contribution in [0.2, 0.25) is 0 Å². The number of aliphatic hydroxyl groups is 1. The Balaban J connectivity index is 1.75. The largest absolute Gasteiger partial charge is 0.393 e. The molecule has 2 saturated heterocycles. The Morgan fingerprint density at radius 3 is 2.79 bits per heavy atom. The fourth-order valence-corrected chi connectivity index (χ4v) is 3.42. The molecule has 5 nitrogen and oxygen atoms in total. The molecule has 2 aliphatic rings. The minimum Gasteiger partial charge on any atom is -0.393 e. The zero-order chi connectivity index (χ0) is 17.1. The van der Waals surface area contributed by atoms with Crippen molar-refractivity contribution in [2.75, 3.05) is 31.2 Å². The number of carbonyl (C=O) groups is 1. The number of halogens is 1. The van der Waals surface area contributed by atoms with Crippen molar-refractivity contribution in [3.05, 3.63) is 29.6 Å². The van der Waals surface area contributed by atoms with Gasteiger partial charge in [-0.05, 0) is 44.4 Å². The van der Waals surface area contributed by atoms with E-state index in [0.717, 1.165) is 30.8 Å². The van der Waals surface area contributed by atoms with Gasteiger partial charge in [0.25, 0.3) is 0 Å². The summed E-state index contributed by atoms with van der Waals surface area (Å²) in [6, 6.07) is 4.43. The summed E-state index contributed by atoms with van der Waals surface area (Å²) in [6.45, 7) is 4.42. The molecular weight excluding hydrogens is 311 g/mol. The van der Waals surface area contributed by atoms with Crippen molar-refractivity contribution < 1.29 is 19.0 Å². The first-order chi connectivity index (χ1) is 11.5. The minimum absolute atomic E-state index is 0.0377. The minimum atomic E-state index is -0.309. The van der Waals surface area contributed by atoms with E-state index in [9.17, 15) is 14.3 Å². The van der Waals surface area contributed by atoms with E-state index in [2.05, 4.69) is 10.2 Å². The van der Waals surface area contributed by atoms with E-state index in [1.807, 2.05) is 6.92 Å². The van der Waals surface area contributed by atoms with Crippen LogP contribution in [0.4, 0.5) is 10.1 Å². The number of hydrogen-bond donors (Lipinski definition) is 2. The van der Waals surface area contributed by atoms with Gasteiger partial charge < -0.3 is 20.1 Å². The van der Waals surface area contributed by atoms with Crippen molar-refractivity contribution in [1.82, 2.24) is 5.32 Å². The number of nitrogens with one attached hydrogen (secondary N) is 1. The molecule has 2 heterocycles. The van der Waals surface area contributed by atoms with Gasteiger partial charge in [0.1, 0.15) is 5.82 Å². The second-order valence-corrected chi connectivity index (χ2v) is 6.71. The number of rotatable bonds is 4. The Labute approximate surface area is 141 Å². The number of ether oxygens (including phenoxy) is 1. The van der Waals surface area contributed by atoms with E-state index in [1.165, 1.54) is 12.1 Å². The van der Waals surface area contributed by atoms with Crippen LogP contribution >= 0.6 is 0 Å². The predicted molar refractivity (Wildman–Crippen MR) is 89.3 cm³/mol. The number of hydrogen-bond acceptors (Lipinski definition) is 4. The zero-order valence-corrected chi connectivity index (χ0v) is 14.0. The van der Waals surface area contributed by atoms with Crippen molar-refractivity contribution in [1.29, 1.82) is 0 Å². The van der Waals surface area contributed by atoms with Gasteiger partial charge in [0.2, 0.25) is 5.91 Å². The van der Waals surface area contributed by atoms with E-state index >= 15 is 0 Å². The molecule has 1 aromatic carbocycles. The molecule has 2 fully saturated rings. The summed E-state index contributed by atoms with van der Waals surface area (Å²) in [5.41, 5.74) is 1.71. The Morgan fingerprint density at radius 1 is 1.38 bits per heavy atom. The van der Waals surface area contributed by atoms with Gasteiger partial charge in [-0.1, -0.05) is 0 Å². The van der Waals surface area contributed by atoms with Crippen LogP contribution in [-0.2, 0) is 9.53 Å². The summed E-state index contributed by atoms with van der Waals surface area (Å²) in [7, 11) is 0. The van der Waals surface area contributed by atoms with E-state index in [0.29, 0.717) is 26.1 Å². The molecule has 0 spiro atoms. The molecule has 132 valence electrons. The maximum absolute atomic E-state index is 13.8. The molecule has 0 radical (unpaired) electrons. The third-order valence-corrected chi connectivity index (χ3v) is 4.92. The lowest BCUT2D eigenvalue weighted by Crippen LogP contribution is -2.38. The molecule has 2 N–H and O–H groups in total. The van der Waals surface area contributed by atoms with Crippen molar-refractivity contribution >= 4 is 11.6 Å². The van der Waals surface area contributed by atoms with Gasteiger partial charge in [-0.2, -0.15) is 0 Å². The lowest BCUT2D eigenvalue weighted by Gasteiger charge is -2.34. The van der Waals surface area contributed by atoms with Crippen LogP contribution in [0, 0.1) is 11.7 Å². The van der Waals surface area contributed by atoms with E-state index in [-0.39, 0.29) is 29.8 Å². The number of anilines is 1. The van der Waals surface area contributed by atoms with Gasteiger partial charge in [0, 0.05) is 30.9 Å². The molecule has 1 aromatic rings. The van der Waals surface area contributed by atoms with Crippen LogP contribution in [0.15, 0.2) is 18.2 Å². The molecule has 24 heavy (non-hydrogen) atoms. The molecule has 2 unspecified atom stereocenters. The molecular formula is C18H25FN2O3. The lowest BCUT2D eigenvalue weighted by atomic mass is 10.0. The van der Waals surface area contributed by atoms with Crippen molar-refractivity contribution in [2.24, 2.45) is 5.92 Å². The number of nitrogens with zero attached hydrogens (tertiary/aromatic N) is 1. The maximum Gasteiger partial charge on any atom is 0.225 e. The van der Waals surface area contributed by atoms with Crippen LogP contribution in [0.5, 0.6) is 0 Å². The Morgan fingerprint density at radius 2 is 2.12 bits per heavy atom. The summed E-state index contributed by atoms with van der Waals surface area (Å²) in [6.07, 6.45) is 1.89. The van der Waals surface area contributed by atoms with Gasteiger partial charge in [-0.3, -0.25) is 4.79 Å². The number of amides is 1. The molecule has 2 atom stereocenters. The normalized spacial score (nSPS) is 23.3. The number of benzene rings is 1. The highest BCUT2D eigenvalue weighted by Gasteiger charge is 2.27. The van der Waals surface area contributed by atoms with Crippen LogP contribution in [0.1, 0.15) is 37.8 Å². The molecule has 6 heteroatoms. The number of aliphatic hydroxyl groups excluding tert-OH is 1. The summed E-state index contributed by atoms with van der Waals surface area (Å²) in [4.78, 5) is 14.5. The highest BCUT2D eigenvalue weighted by molar-refractivity contribution is 5.79. The quantitative estimate of drug-likeness (QED) is 0.883. The Bertz CT molecular complexity index is 582. The molecule has 0 saturated carbocycles. The van der Waals surface area contributed by atoms with Gasteiger partial charge in [-0.15, -0.1) is 0 Å². The molecule has 3 rings (SSSR count). The first kappa shape index (κ1) is 17.2. The van der Waals surface area contributed by atoms with Gasteiger partial charge in [0.05, 0.1) is 24.7 Å². The first-order valence-corrected chi connectivity index (χ1v) is 8.65. The van der Waals surface area contributed by atoms with Crippen molar-refractivity contribution in [2.45, 2.75) is 38.3 Å². The Kier molecular flexibility index (Phi) is 5.36. The SMILES string of the molecule is CC(NC(=O)C1CCOC1)c1cc(F)ccc1N1CCC(O)CC1. The molecule has 0 aliphatic carbocycles. The third kappa shape index (κ3) is 3.87. The molecule has 2 aliphatic heterocycles. The standard InChI is InChI=1S/C18H25FN2O3/c1-12(20-18(23)13-6-9-24-11-13)16-10-14(19)2-3-17(16)21-7-4-15(22)5-8-21/h2-3,10,12-13,15,22H,4-9,11H2,1H3,(H,20,23). The topological polar surface area (TPSA) is 61.8 Å². The highest BCUT2D eigenvalue weighted by Crippen LogP contribution is 2.30. The van der Waals surface area contributed by atoms with E-state index < -0.39 is 0 Å². The number of carbonyl (C=O) groups excluding carboxylic acids is 1. The van der Waals surface area contributed by atoms with Gasteiger partial charge >= 0.3 is 0 Å². The summed E-state index contributed by atoms with van der Waals surface area (Å²) in [5, 5.41) is 12.7. The summed E-state index contributed by atoms with van der Waals surface area (Å²) >= 11 is 0. The van der Waals surface area contributed by atoms with Gasteiger partial charge in [0.15, 0.2) is 0 Å². The monoisotopic (exact) mass is 336 g/mol. The van der Waals surface area contributed by atoms with Gasteiger partial charge in [-0.25, -0.2) is 4.39 Å². The summed E-state index contributed by atoms with van der Waals surface area (Å²) < 4.78 is 19.0. The van der Waals surface area contributed by atoms with Crippen LogP contribution in [-0.4, -0.2) is 43.4 Å². The van der Waals surface area contributed by atoms with E-state index in [4.69, 9.17) is 4.74 Å².